The number of carbonyl (C=O) groups excluding carboxylic acids is 1. The smallest absolute Gasteiger partial charge is 1.00 e. The zero-order chi connectivity index (χ0) is 10.7. The summed E-state index contributed by atoms with van der Waals surface area (Å²) in [5.74, 6) is -0.815. The summed E-state index contributed by atoms with van der Waals surface area (Å²) in [4.78, 5) is 10.5. The maximum Gasteiger partial charge on any atom is 1.00 e. The molecule has 0 saturated heterocycles. The second-order valence-corrected chi connectivity index (χ2v) is 3.83. The molecule has 0 saturated carbocycles. The number of hydrogen-bond donors (Lipinski definition) is 1. The van der Waals surface area contributed by atoms with Gasteiger partial charge in [-0.2, -0.15) is 0 Å². The van der Waals surface area contributed by atoms with Crippen LogP contribution in [-0.4, -0.2) is 14.5 Å². The molecule has 1 N–H and O–H groups in total. The number of benzene rings is 1. The molecular formula is C9H10FNaO3S. The summed E-state index contributed by atoms with van der Waals surface area (Å²) < 4.78 is 32.3. The van der Waals surface area contributed by atoms with Crippen LogP contribution in [0, 0.1) is 5.82 Å². The Bertz CT molecular complexity index is 400. The van der Waals surface area contributed by atoms with Crippen molar-refractivity contribution >= 4 is 16.9 Å². The average Bonchev–Trinajstić information content (AvgIpc) is 2.07. The number of hydrogen-bond acceptors (Lipinski definition) is 2. The predicted molar refractivity (Wildman–Crippen MR) is 50.9 cm³/mol. The number of halogens is 1. The predicted octanol–water partition coefficient (Wildman–Crippen LogP) is -1.35. The molecular weight excluding hydrogens is 230 g/mol. The normalized spacial score (nSPS) is 11.7. The largest absolute Gasteiger partial charge is 1.00 e. The van der Waals surface area contributed by atoms with E-state index in [9.17, 15) is 13.4 Å². The topological polar surface area (TPSA) is 54.4 Å². The van der Waals surface area contributed by atoms with E-state index in [2.05, 4.69) is 0 Å². The molecule has 0 aromatic heterocycles. The molecule has 1 atom stereocenters. The van der Waals surface area contributed by atoms with Crippen LogP contribution in [-0.2, 0) is 22.3 Å². The molecule has 1 aromatic rings. The fraction of sp³-hybridized carbons (Fsp3) is 0.222. The van der Waals surface area contributed by atoms with Crippen molar-refractivity contribution in [3.05, 3.63) is 29.6 Å². The van der Waals surface area contributed by atoms with Gasteiger partial charge in [0.2, 0.25) is 0 Å². The van der Waals surface area contributed by atoms with Crippen LogP contribution in [0.1, 0.15) is 13.9 Å². The van der Waals surface area contributed by atoms with Crippen molar-refractivity contribution in [2.45, 2.75) is 18.2 Å². The van der Waals surface area contributed by atoms with Crippen molar-refractivity contribution in [3.63, 3.8) is 0 Å². The zero-order valence-corrected chi connectivity index (χ0v) is 11.3. The van der Waals surface area contributed by atoms with Gasteiger partial charge >= 0.3 is 29.6 Å². The summed E-state index contributed by atoms with van der Waals surface area (Å²) in [7, 11) is 0. The molecule has 0 bridgehead atoms. The van der Waals surface area contributed by atoms with Gasteiger partial charge in [0.1, 0.15) is 16.5 Å². The number of Topliss-reactive ketones (excluding diaryl/α,β-unsaturated/α-hetero) is 1. The maximum absolute atomic E-state index is 12.9. The zero-order valence-electron chi connectivity index (χ0n) is 9.49. The molecule has 0 radical (unpaired) electrons. The first-order valence-electron chi connectivity index (χ1n) is 3.89. The first-order chi connectivity index (χ1) is 6.50. The van der Waals surface area contributed by atoms with E-state index in [-0.39, 0.29) is 48.1 Å². The summed E-state index contributed by atoms with van der Waals surface area (Å²) >= 11 is -2.35. The van der Waals surface area contributed by atoms with Gasteiger partial charge in [0.15, 0.2) is 11.1 Å². The van der Waals surface area contributed by atoms with Crippen LogP contribution in [0.4, 0.5) is 4.39 Å². The van der Waals surface area contributed by atoms with E-state index in [4.69, 9.17) is 4.55 Å². The van der Waals surface area contributed by atoms with Crippen LogP contribution >= 0.6 is 0 Å². The van der Waals surface area contributed by atoms with E-state index in [0.29, 0.717) is 5.56 Å². The fourth-order valence-corrected chi connectivity index (χ4v) is 1.57. The molecule has 15 heavy (non-hydrogen) atoms. The first kappa shape index (κ1) is 14.9. The van der Waals surface area contributed by atoms with Crippen LogP contribution in [0.3, 0.4) is 0 Å². The van der Waals surface area contributed by atoms with Crippen molar-refractivity contribution in [2.24, 2.45) is 0 Å². The maximum atomic E-state index is 12.9. The second-order valence-electron chi connectivity index (χ2n) is 2.89. The van der Waals surface area contributed by atoms with Gasteiger partial charge < -0.3 is 5.98 Å². The summed E-state index contributed by atoms with van der Waals surface area (Å²) in [5, 5.41) is 0. The van der Waals surface area contributed by atoms with Crippen LogP contribution in [0.15, 0.2) is 23.1 Å². The van der Waals surface area contributed by atoms with Crippen LogP contribution in [0.25, 0.3) is 0 Å². The molecule has 0 spiro atoms. The van der Waals surface area contributed by atoms with Gasteiger partial charge in [-0.3, -0.25) is 4.79 Å². The van der Waals surface area contributed by atoms with Gasteiger partial charge in [0.05, 0.1) is 0 Å². The minimum atomic E-state index is -2.35. The van der Waals surface area contributed by atoms with E-state index in [1.807, 2.05) is 0 Å². The Hall–Kier alpha value is -0.0700. The molecule has 1 aromatic carbocycles. The summed E-state index contributed by atoms with van der Waals surface area (Å²) in [6.07, 6.45) is 0.143. The Labute approximate surface area is 113 Å². The molecule has 6 heteroatoms. The van der Waals surface area contributed by atoms with Gasteiger partial charge in [-0.05, 0) is 24.6 Å². The minimum Gasteiger partial charge on any atom is -1.00 e. The Morgan fingerprint density at radius 3 is 2.67 bits per heavy atom. The Morgan fingerprint density at radius 2 is 2.20 bits per heavy atom. The standard InChI is InChI=1S/C9H9FO3S.Na.H/c1-6(11)4-7-2-3-8(10)9(5-7)14(12)13;;/h2-3,5H,4H2,1H3,(H,12,13);;/q;+1;-1. The summed E-state index contributed by atoms with van der Waals surface area (Å²) in [6, 6.07) is 3.74. The SMILES string of the molecule is CC(=O)Cc1ccc(F)c(S(=O)O)c1.[H-].[Na+]. The molecule has 0 fully saturated rings. The van der Waals surface area contributed by atoms with E-state index < -0.39 is 16.9 Å². The van der Waals surface area contributed by atoms with Crippen LogP contribution in [0.5, 0.6) is 0 Å². The minimum absolute atomic E-state index is 0. The third-order valence-corrected chi connectivity index (χ3v) is 2.33. The molecule has 1 unspecified atom stereocenters. The number of rotatable bonds is 3. The van der Waals surface area contributed by atoms with Gasteiger partial charge in [-0.15, -0.1) is 0 Å². The third-order valence-electron chi connectivity index (χ3n) is 1.64. The van der Waals surface area contributed by atoms with Crippen molar-refractivity contribution in [1.82, 2.24) is 0 Å². The van der Waals surface area contributed by atoms with Crippen molar-refractivity contribution in [2.75, 3.05) is 0 Å². The molecule has 0 aliphatic heterocycles. The van der Waals surface area contributed by atoms with Gasteiger partial charge in [0, 0.05) is 6.42 Å². The molecule has 0 amide bonds. The van der Waals surface area contributed by atoms with Crippen molar-refractivity contribution in [1.29, 1.82) is 0 Å². The number of ketones is 1. The van der Waals surface area contributed by atoms with Gasteiger partial charge in [-0.25, -0.2) is 8.60 Å². The molecule has 1 rings (SSSR count). The van der Waals surface area contributed by atoms with Crippen LogP contribution < -0.4 is 29.6 Å². The van der Waals surface area contributed by atoms with E-state index in [0.717, 1.165) is 6.07 Å². The summed E-state index contributed by atoms with van der Waals surface area (Å²) in [5.41, 5.74) is 0.538. The van der Waals surface area contributed by atoms with Crippen LogP contribution in [0.2, 0.25) is 0 Å². The Morgan fingerprint density at radius 1 is 1.60 bits per heavy atom. The van der Waals surface area contributed by atoms with E-state index in [1.54, 1.807) is 0 Å². The third kappa shape index (κ3) is 4.53. The van der Waals surface area contributed by atoms with Crippen molar-refractivity contribution in [3.8, 4) is 0 Å². The number of carbonyl (C=O) groups is 1. The monoisotopic (exact) mass is 240 g/mol. The van der Waals surface area contributed by atoms with E-state index in [1.165, 1.54) is 19.1 Å². The van der Waals surface area contributed by atoms with Gasteiger partial charge in [0.25, 0.3) is 0 Å². The molecule has 3 nitrogen and oxygen atoms in total. The average molecular weight is 240 g/mol. The van der Waals surface area contributed by atoms with E-state index >= 15 is 0 Å². The molecule has 0 aliphatic rings. The van der Waals surface area contributed by atoms with Gasteiger partial charge in [-0.1, -0.05) is 6.07 Å². The van der Waals surface area contributed by atoms with Crippen molar-refractivity contribution < 1.29 is 48.9 Å². The summed E-state index contributed by atoms with van der Waals surface area (Å²) in [6.45, 7) is 1.40. The quantitative estimate of drug-likeness (QED) is 0.525. The molecule has 0 aliphatic carbocycles. The Balaban J connectivity index is 0. The molecule has 0 heterocycles. The second kappa shape index (κ2) is 6.50. The molecule has 78 valence electrons. The fourth-order valence-electron chi connectivity index (χ4n) is 1.08. The first-order valence-corrected chi connectivity index (χ1v) is 5.00. The Kier molecular flexibility index (Phi) is 6.47.